The third-order valence-electron chi connectivity index (χ3n) is 5.53. The third-order valence-corrected chi connectivity index (χ3v) is 5.53. The minimum atomic E-state index is -1.55. The van der Waals surface area contributed by atoms with Crippen molar-refractivity contribution in [1.82, 2.24) is 0 Å². The molecule has 6 atom stereocenters. The first-order valence-corrected chi connectivity index (χ1v) is 9.91. The zero-order chi connectivity index (χ0) is 23.2. The highest BCUT2D eigenvalue weighted by atomic mass is 16.7. The summed E-state index contributed by atoms with van der Waals surface area (Å²) in [7, 11) is 1.40. The molecule has 32 heavy (non-hydrogen) atoms. The molecule has 0 bridgehead atoms. The highest BCUT2D eigenvalue weighted by Gasteiger charge is 2.45. The molecule has 10 nitrogen and oxygen atoms in total. The van der Waals surface area contributed by atoms with E-state index in [1.807, 2.05) is 0 Å². The Morgan fingerprint density at radius 1 is 0.938 bits per heavy atom. The average Bonchev–Trinajstić information content (AvgIpc) is 2.76. The monoisotopic (exact) mass is 449 g/mol. The lowest BCUT2D eigenvalue weighted by molar-refractivity contribution is -0.287. The largest absolute Gasteiger partial charge is 0.571 e. The number of phenols is 3. The Balaban J connectivity index is 1.75. The smallest absolute Gasteiger partial charge is 0.270 e. The van der Waals surface area contributed by atoms with Gasteiger partial charge >= 0.3 is 0 Å². The molecule has 2 heterocycles. The van der Waals surface area contributed by atoms with Gasteiger partial charge in [0.2, 0.25) is 6.29 Å². The van der Waals surface area contributed by atoms with Gasteiger partial charge < -0.3 is 49.6 Å². The van der Waals surface area contributed by atoms with E-state index in [0.29, 0.717) is 11.3 Å². The van der Waals surface area contributed by atoms with Crippen LogP contribution in [-0.4, -0.2) is 73.2 Å². The predicted molar refractivity (Wildman–Crippen MR) is 110 cm³/mol. The highest BCUT2D eigenvalue weighted by Crippen LogP contribution is 2.46. The fourth-order valence-corrected chi connectivity index (χ4v) is 3.73. The van der Waals surface area contributed by atoms with Gasteiger partial charge in [0.1, 0.15) is 35.4 Å². The van der Waals surface area contributed by atoms with Gasteiger partial charge in [-0.3, -0.25) is 0 Å². The zero-order valence-electron chi connectivity index (χ0n) is 17.3. The van der Waals surface area contributed by atoms with Crippen molar-refractivity contribution in [2.24, 2.45) is 0 Å². The van der Waals surface area contributed by atoms with E-state index in [0.717, 1.165) is 6.07 Å². The summed E-state index contributed by atoms with van der Waals surface area (Å²) in [5.74, 6) is 0.156. The van der Waals surface area contributed by atoms with Crippen molar-refractivity contribution in [3.63, 3.8) is 0 Å². The maximum atomic E-state index is 10.4. The first-order valence-electron chi connectivity index (χ1n) is 9.91. The number of hydrogen-bond acceptors (Lipinski definition) is 9. The summed E-state index contributed by atoms with van der Waals surface area (Å²) in [5, 5.41) is 60.5. The number of rotatable bonds is 4. The molecule has 2 aromatic carbocycles. The first kappa shape index (κ1) is 22.0. The molecule has 1 unspecified atom stereocenters. The molecular weight excluding hydrogens is 424 g/mol. The van der Waals surface area contributed by atoms with Crippen LogP contribution in [0.25, 0.3) is 6.08 Å². The summed E-state index contributed by atoms with van der Waals surface area (Å²) in [6.45, 7) is 1.53. The van der Waals surface area contributed by atoms with Crippen LogP contribution in [0.3, 0.4) is 0 Å². The standard InChI is InChI=1S/C22H24O10/c1-9-18(26)19(27)20(28)22(30-9)32-17-8-12-14(25)6-11(23)7-15(12)31-21(17)10-3-4-13(24)16(5-10)29-2/h3-9,18-28H,1-2H3/p+1/t9-,18-,19+,20-,21?,22-/m0/s1. The Morgan fingerprint density at radius 2 is 1.69 bits per heavy atom. The molecule has 4 rings (SSSR count). The zero-order valence-corrected chi connectivity index (χ0v) is 17.3. The number of fused-ring (bicyclic) bond motifs is 1. The summed E-state index contributed by atoms with van der Waals surface area (Å²) in [5.41, 5.74) is 0.817. The topological polar surface area (TPSA) is 162 Å². The van der Waals surface area contributed by atoms with Gasteiger partial charge in [-0.25, -0.2) is 0 Å². The summed E-state index contributed by atoms with van der Waals surface area (Å²) >= 11 is 0. The number of hydrogen-bond donors (Lipinski definition) is 6. The summed E-state index contributed by atoms with van der Waals surface area (Å²) in [4.78, 5) is 0. The lowest BCUT2D eigenvalue weighted by Crippen LogP contribution is -2.57. The Labute approximate surface area is 183 Å². The van der Waals surface area contributed by atoms with Gasteiger partial charge in [-0.15, -0.1) is 0 Å². The maximum Gasteiger partial charge on any atom is 0.270 e. The van der Waals surface area contributed by atoms with Crippen molar-refractivity contribution >= 4 is 6.08 Å². The van der Waals surface area contributed by atoms with E-state index in [-0.39, 0.29) is 34.3 Å². The fraction of sp³-hybridized carbons (Fsp3) is 0.364. The number of methoxy groups -OCH3 is 1. The number of aliphatic hydroxyl groups excluding tert-OH is 3. The summed E-state index contributed by atoms with van der Waals surface area (Å²) in [6.07, 6.45) is -5.81. The van der Waals surface area contributed by atoms with Crippen molar-refractivity contribution in [2.75, 3.05) is 7.11 Å². The molecular formula is C22H25O10+. The Kier molecular flexibility index (Phi) is 5.78. The minimum Gasteiger partial charge on any atom is -0.571 e. The Bertz CT molecular complexity index is 1040. The van der Waals surface area contributed by atoms with Crippen molar-refractivity contribution in [3.05, 3.63) is 47.2 Å². The molecule has 0 aliphatic carbocycles. The van der Waals surface area contributed by atoms with Crippen LogP contribution in [0.4, 0.5) is 0 Å². The molecule has 0 amide bonds. The van der Waals surface area contributed by atoms with Gasteiger partial charge in [0.05, 0.1) is 24.8 Å². The highest BCUT2D eigenvalue weighted by molar-refractivity contribution is 5.69. The number of ether oxygens (including phenoxy) is 4. The molecule has 2 aliphatic rings. The van der Waals surface area contributed by atoms with Crippen LogP contribution in [-0.2, 0) is 9.47 Å². The van der Waals surface area contributed by atoms with Gasteiger partial charge in [-0.1, -0.05) is 0 Å². The minimum absolute atomic E-state index is 0.0776. The summed E-state index contributed by atoms with van der Waals surface area (Å²) < 4.78 is 21.2. The van der Waals surface area contributed by atoms with Gasteiger partial charge in [0, 0.05) is 12.1 Å². The second kappa shape index (κ2) is 8.40. The molecule has 7 N–H and O–H groups in total. The van der Waals surface area contributed by atoms with E-state index in [4.69, 9.17) is 14.2 Å². The fourth-order valence-electron chi connectivity index (χ4n) is 3.73. The molecule has 2 aromatic rings. The van der Waals surface area contributed by atoms with Crippen LogP contribution >= 0.6 is 0 Å². The number of phenolic OH excluding ortho intramolecular Hbond substituents is 3. The van der Waals surface area contributed by atoms with Crippen LogP contribution in [0.2, 0.25) is 0 Å². The average molecular weight is 449 g/mol. The van der Waals surface area contributed by atoms with E-state index in [2.05, 4.69) is 4.74 Å². The van der Waals surface area contributed by atoms with Crippen LogP contribution in [0, 0.1) is 0 Å². The molecule has 0 spiro atoms. The van der Waals surface area contributed by atoms with Crippen LogP contribution in [0.5, 0.6) is 28.7 Å². The van der Waals surface area contributed by atoms with Crippen LogP contribution in [0.15, 0.2) is 36.1 Å². The van der Waals surface area contributed by atoms with Crippen LogP contribution < -0.4 is 4.74 Å². The molecule has 1 fully saturated rings. The quantitative estimate of drug-likeness (QED) is 0.374. The lowest BCUT2D eigenvalue weighted by atomic mass is 9.99. The second-order valence-corrected chi connectivity index (χ2v) is 7.71. The van der Waals surface area contributed by atoms with Gasteiger partial charge in [-0.05, 0) is 25.1 Å². The van der Waals surface area contributed by atoms with E-state index >= 15 is 0 Å². The van der Waals surface area contributed by atoms with E-state index in [1.165, 1.54) is 32.2 Å². The van der Waals surface area contributed by atoms with Crippen molar-refractivity contribution in [2.45, 2.75) is 43.7 Å². The summed E-state index contributed by atoms with van der Waals surface area (Å²) in [6, 6.07) is 7.09. The molecule has 1 saturated heterocycles. The van der Waals surface area contributed by atoms with Crippen molar-refractivity contribution in [3.8, 4) is 28.7 Å². The Morgan fingerprint density at radius 3 is 2.41 bits per heavy atom. The second-order valence-electron chi connectivity index (χ2n) is 7.71. The van der Waals surface area contributed by atoms with E-state index in [9.17, 15) is 30.6 Å². The number of aliphatic hydroxyl groups is 4. The van der Waals surface area contributed by atoms with Crippen molar-refractivity contribution < 1.29 is 49.6 Å². The Hall–Kier alpha value is -3.18. The molecule has 10 heteroatoms. The van der Waals surface area contributed by atoms with Gasteiger partial charge in [0.15, 0.2) is 17.3 Å². The van der Waals surface area contributed by atoms with E-state index in [1.54, 1.807) is 12.1 Å². The predicted octanol–water partition coefficient (Wildman–Crippen LogP) is 0.993. The molecule has 0 saturated carbocycles. The molecule has 0 radical (unpaired) electrons. The maximum absolute atomic E-state index is 10.4. The van der Waals surface area contributed by atoms with Gasteiger partial charge in [0.25, 0.3) is 11.9 Å². The number of aromatic hydroxyl groups is 4. The van der Waals surface area contributed by atoms with Crippen molar-refractivity contribution in [1.29, 1.82) is 0 Å². The molecule has 2 aliphatic heterocycles. The normalized spacial score (nSPS) is 29.5. The molecule has 172 valence electrons. The number of benzene rings is 2. The SMILES string of the molecule is COc1cc(C2[OH+]c3cc(O)cc(O)c3C=C2O[C@@H]2O[C@@H](C)[C@H](O)[C@@H](O)[C@@H]2O)ccc1O. The van der Waals surface area contributed by atoms with Gasteiger partial charge in [-0.2, -0.15) is 0 Å². The lowest BCUT2D eigenvalue weighted by Gasteiger charge is -2.40. The first-order chi connectivity index (χ1) is 15.2. The molecule has 0 aromatic heterocycles. The van der Waals surface area contributed by atoms with Crippen LogP contribution in [0.1, 0.15) is 24.2 Å². The van der Waals surface area contributed by atoms with E-state index < -0.39 is 36.8 Å². The third kappa shape index (κ3) is 3.89.